The third-order valence-electron chi connectivity index (χ3n) is 2.99. The minimum absolute atomic E-state index is 0.00647. The Morgan fingerprint density at radius 1 is 1.32 bits per heavy atom. The van der Waals surface area contributed by atoms with Crippen LogP contribution in [0, 0.1) is 13.8 Å². The number of hydrogen-bond donors (Lipinski definition) is 1. The second kappa shape index (κ2) is 6.52. The molecule has 0 bridgehead atoms. The number of nitrogens with zero attached hydrogens (tertiary/aromatic N) is 3. The van der Waals surface area contributed by atoms with E-state index in [1.165, 1.54) is 17.3 Å². The van der Waals surface area contributed by atoms with Crippen molar-refractivity contribution in [2.24, 2.45) is 0 Å². The predicted molar refractivity (Wildman–Crippen MR) is 89.5 cm³/mol. The van der Waals surface area contributed by atoms with Gasteiger partial charge in [-0.25, -0.2) is 0 Å². The zero-order chi connectivity index (χ0) is 16.3. The molecule has 0 radical (unpaired) electrons. The minimum atomic E-state index is -0.224. The van der Waals surface area contributed by atoms with Gasteiger partial charge in [0.1, 0.15) is 6.33 Å². The minimum Gasteiger partial charge on any atom is -0.351 e. The van der Waals surface area contributed by atoms with E-state index in [1.807, 2.05) is 25.3 Å². The van der Waals surface area contributed by atoms with Crippen molar-refractivity contribution in [1.82, 2.24) is 20.1 Å². The van der Waals surface area contributed by atoms with Crippen LogP contribution in [0.3, 0.4) is 0 Å². The Morgan fingerprint density at radius 3 is 2.73 bits per heavy atom. The van der Waals surface area contributed by atoms with E-state index in [1.54, 1.807) is 6.33 Å². The van der Waals surface area contributed by atoms with Crippen molar-refractivity contribution in [2.45, 2.75) is 45.3 Å². The molecule has 0 saturated heterocycles. The Bertz CT molecular complexity index is 673. The number of nitrogens with one attached hydrogen (secondary N) is 1. The van der Waals surface area contributed by atoms with E-state index in [4.69, 9.17) is 0 Å². The number of aryl methyl sites for hydroxylation is 2. The molecule has 0 aliphatic rings. The summed E-state index contributed by atoms with van der Waals surface area (Å²) in [7, 11) is 0. The van der Waals surface area contributed by atoms with Crippen LogP contribution in [0.2, 0.25) is 0 Å². The lowest BCUT2D eigenvalue weighted by Gasteiger charge is -2.20. The highest BCUT2D eigenvalue weighted by molar-refractivity contribution is 7.99. The Hall–Kier alpha value is -1.82. The number of thioether (sulfide) groups is 1. The molecule has 1 aromatic heterocycles. The van der Waals surface area contributed by atoms with Crippen molar-refractivity contribution in [3.05, 3.63) is 35.7 Å². The van der Waals surface area contributed by atoms with Gasteiger partial charge in [-0.05, 0) is 51.8 Å². The van der Waals surface area contributed by atoms with Crippen LogP contribution in [0.5, 0.6) is 0 Å². The van der Waals surface area contributed by atoms with E-state index in [2.05, 4.69) is 47.6 Å². The van der Waals surface area contributed by atoms with Crippen molar-refractivity contribution < 1.29 is 4.79 Å². The first-order valence-electron chi connectivity index (χ1n) is 7.18. The Labute approximate surface area is 135 Å². The maximum atomic E-state index is 11.9. The number of amides is 1. The van der Waals surface area contributed by atoms with Gasteiger partial charge in [0.05, 0.1) is 11.4 Å². The third-order valence-corrected chi connectivity index (χ3v) is 3.93. The summed E-state index contributed by atoms with van der Waals surface area (Å²) in [5.41, 5.74) is 3.14. The lowest BCUT2D eigenvalue weighted by molar-refractivity contribution is -0.119. The number of aromatic nitrogens is 3. The number of hydrogen-bond acceptors (Lipinski definition) is 4. The molecule has 2 rings (SSSR count). The van der Waals surface area contributed by atoms with Crippen LogP contribution in [-0.4, -0.2) is 32.0 Å². The zero-order valence-electron chi connectivity index (χ0n) is 13.7. The Balaban J connectivity index is 2.13. The van der Waals surface area contributed by atoms with E-state index in [0.717, 1.165) is 16.4 Å². The van der Waals surface area contributed by atoms with Gasteiger partial charge in [0.15, 0.2) is 5.16 Å². The molecule has 0 fully saturated rings. The number of benzene rings is 1. The summed E-state index contributed by atoms with van der Waals surface area (Å²) in [5.74, 6) is 0.314. The van der Waals surface area contributed by atoms with Crippen LogP contribution in [0.15, 0.2) is 29.7 Å². The fourth-order valence-corrected chi connectivity index (χ4v) is 2.77. The summed E-state index contributed by atoms with van der Waals surface area (Å²) in [4.78, 5) is 11.9. The van der Waals surface area contributed by atoms with E-state index in [0.29, 0.717) is 5.75 Å². The van der Waals surface area contributed by atoms with Gasteiger partial charge in [-0.1, -0.05) is 23.9 Å². The first-order valence-corrected chi connectivity index (χ1v) is 8.16. The van der Waals surface area contributed by atoms with Crippen LogP contribution in [0.25, 0.3) is 5.69 Å². The smallest absolute Gasteiger partial charge is 0.230 e. The van der Waals surface area contributed by atoms with Gasteiger partial charge in [-0.3, -0.25) is 9.36 Å². The molecule has 1 amide bonds. The molecule has 0 aliphatic carbocycles. The van der Waals surface area contributed by atoms with Gasteiger partial charge in [0, 0.05) is 5.54 Å². The largest absolute Gasteiger partial charge is 0.351 e. The molecule has 0 saturated carbocycles. The topological polar surface area (TPSA) is 59.8 Å². The van der Waals surface area contributed by atoms with Gasteiger partial charge >= 0.3 is 0 Å². The van der Waals surface area contributed by atoms with Crippen LogP contribution in [0.1, 0.15) is 31.9 Å². The van der Waals surface area contributed by atoms with Crippen LogP contribution in [0.4, 0.5) is 0 Å². The lowest BCUT2D eigenvalue weighted by Crippen LogP contribution is -2.41. The van der Waals surface area contributed by atoms with Gasteiger partial charge in [-0.2, -0.15) is 0 Å². The van der Waals surface area contributed by atoms with Gasteiger partial charge in [-0.15, -0.1) is 10.2 Å². The van der Waals surface area contributed by atoms with Crippen molar-refractivity contribution >= 4 is 17.7 Å². The molecule has 1 aromatic carbocycles. The van der Waals surface area contributed by atoms with E-state index < -0.39 is 0 Å². The monoisotopic (exact) mass is 318 g/mol. The molecule has 0 aliphatic heterocycles. The van der Waals surface area contributed by atoms with Crippen LogP contribution in [-0.2, 0) is 4.79 Å². The second-order valence-electron chi connectivity index (χ2n) is 6.36. The summed E-state index contributed by atoms with van der Waals surface area (Å²) < 4.78 is 1.93. The Kier molecular flexibility index (Phi) is 4.90. The predicted octanol–water partition coefficient (Wildman–Crippen LogP) is 2.89. The molecule has 5 nitrogen and oxygen atoms in total. The standard InChI is InChI=1S/C16H22N4OS/c1-11-6-7-12(2)13(8-11)20-10-17-19-15(20)22-9-14(21)18-16(3,4)5/h6-8,10H,9H2,1-5H3,(H,18,21). The first kappa shape index (κ1) is 16.5. The molecule has 118 valence electrons. The molecule has 2 aromatic rings. The molecule has 1 heterocycles. The normalized spacial score (nSPS) is 11.5. The summed E-state index contributed by atoms with van der Waals surface area (Å²) in [6.45, 7) is 10.0. The summed E-state index contributed by atoms with van der Waals surface area (Å²) in [5, 5.41) is 11.8. The van der Waals surface area contributed by atoms with Crippen molar-refractivity contribution in [3.63, 3.8) is 0 Å². The fraction of sp³-hybridized carbons (Fsp3) is 0.438. The SMILES string of the molecule is Cc1ccc(C)c(-n2cnnc2SCC(=O)NC(C)(C)C)c1. The van der Waals surface area contributed by atoms with Gasteiger partial charge < -0.3 is 5.32 Å². The van der Waals surface area contributed by atoms with E-state index in [-0.39, 0.29) is 11.4 Å². The average Bonchev–Trinajstić information content (AvgIpc) is 2.85. The average molecular weight is 318 g/mol. The number of carbonyl (C=O) groups is 1. The molecule has 0 spiro atoms. The fourth-order valence-electron chi connectivity index (χ4n) is 2.05. The molecular formula is C16H22N4OS. The maximum absolute atomic E-state index is 11.9. The molecule has 0 unspecified atom stereocenters. The number of carbonyl (C=O) groups excluding carboxylic acids is 1. The number of rotatable bonds is 4. The Morgan fingerprint density at radius 2 is 2.05 bits per heavy atom. The molecule has 6 heteroatoms. The van der Waals surface area contributed by atoms with Crippen molar-refractivity contribution in [3.8, 4) is 5.69 Å². The zero-order valence-corrected chi connectivity index (χ0v) is 14.5. The van der Waals surface area contributed by atoms with E-state index in [9.17, 15) is 4.79 Å². The highest BCUT2D eigenvalue weighted by Crippen LogP contribution is 2.22. The van der Waals surface area contributed by atoms with Gasteiger partial charge in [0.25, 0.3) is 0 Å². The van der Waals surface area contributed by atoms with E-state index >= 15 is 0 Å². The van der Waals surface area contributed by atoms with Crippen LogP contribution < -0.4 is 5.32 Å². The van der Waals surface area contributed by atoms with Crippen molar-refractivity contribution in [1.29, 1.82) is 0 Å². The third kappa shape index (κ3) is 4.34. The first-order chi connectivity index (χ1) is 10.3. The highest BCUT2D eigenvalue weighted by atomic mass is 32.2. The second-order valence-corrected chi connectivity index (χ2v) is 7.30. The molecule has 1 N–H and O–H groups in total. The molecular weight excluding hydrogens is 296 g/mol. The summed E-state index contributed by atoms with van der Waals surface area (Å²) in [6, 6.07) is 6.25. The molecule has 22 heavy (non-hydrogen) atoms. The quantitative estimate of drug-likeness (QED) is 0.881. The van der Waals surface area contributed by atoms with Crippen molar-refractivity contribution in [2.75, 3.05) is 5.75 Å². The lowest BCUT2D eigenvalue weighted by atomic mass is 10.1. The van der Waals surface area contributed by atoms with Gasteiger partial charge in [0.2, 0.25) is 5.91 Å². The maximum Gasteiger partial charge on any atom is 0.230 e. The molecule has 0 atom stereocenters. The summed E-state index contributed by atoms with van der Waals surface area (Å²) >= 11 is 1.39. The summed E-state index contributed by atoms with van der Waals surface area (Å²) in [6.07, 6.45) is 1.69. The van der Waals surface area contributed by atoms with Crippen LogP contribution >= 0.6 is 11.8 Å². The highest BCUT2D eigenvalue weighted by Gasteiger charge is 2.16.